The van der Waals surface area contributed by atoms with Crippen LogP contribution in [0.5, 0.6) is 5.75 Å². The number of aryl methyl sites for hydroxylation is 1. The van der Waals surface area contributed by atoms with Crippen LogP contribution in [0, 0.1) is 17.0 Å². The average molecular weight is 390 g/mol. The second kappa shape index (κ2) is 8.47. The molecule has 1 aromatic rings. The molecule has 8 nitrogen and oxygen atoms in total. The van der Waals surface area contributed by atoms with Gasteiger partial charge in [-0.15, -0.1) is 0 Å². The van der Waals surface area contributed by atoms with Crippen LogP contribution in [0.2, 0.25) is 0 Å². The van der Waals surface area contributed by atoms with Crippen LogP contribution in [0.25, 0.3) is 0 Å². The molecule has 126 valence electrons. The molecule has 0 N–H and O–H groups in total. The van der Waals surface area contributed by atoms with Crippen LogP contribution in [0.15, 0.2) is 16.6 Å². The Kier molecular flexibility index (Phi) is 6.95. The highest BCUT2D eigenvalue weighted by atomic mass is 79.9. The first kappa shape index (κ1) is 18.9. The largest absolute Gasteiger partial charge is 0.471 e. The summed E-state index contributed by atoms with van der Waals surface area (Å²) >= 11 is 3.20. The molecule has 0 spiro atoms. The van der Waals surface area contributed by atoms with E-state index in [4.69, 9.17) is 4.74 Å². The second-order valence-electron chi connectivity index (χ2n) is 4.57. The molecule has 0 aliphatic rings. The van der Waals surface area contributed by atoms with E-state index in [1.165, 1.54) is 19.2 Å². The van der Waals surface area contributed by atoms with E-state index in [-0.39, 0.29) is 24.3 Å². The Morgan fingerprint density at radius 3 is 2.48 bits per heavy atom. The Hall–Kier alpha value is -2.16. The highest BCUT2D eigenvalue weighted by Gasteiger charge is 2.27. The lowest BCUT2D eigenvalue weighted by molar-refractivity contribution is -0.386. The summed E-state index contributed by atoms with van der Waals surface area (Å²) in [4.78, 5) is 33.5. The van der Waals surface area contributed by atoms with Gasteiger partial charge in [0.25, 0.3) is 0 Å². The van der Waals surface area contributed by atoms with E-state index in [1.54, 1.807) is 6.92 Å². The molecule has 0 saturated heterocycles. The van der Waals surface area contributed by atoms with Crippen LogP contribution >= 0.6 is 15.9 Å². The predicted molar refractivity (Wildman–Crippen MR) is 83.2 cm³/mol. The van der Waals surface area contributed by atoms with Gasteiger partial charge in [-0.2, -0.15) is 0 Å². The fraction of sp³-hybridized carbons (Fsp3) is 0.429. The van der Waals surface area contributed by atoms with Gasteiger partial charge in [0, 0.05) is 23.4 Å². The zero-order valence-electron chi connectivity index (χ0n) is 12.8. The molecule has 0 aromatic heterocycles. The minimum atomic E-state index is -1.15. The van der Waals surface area contributed by atoms with Crippen LogP contribution in [0.1, 0.15) is 18.4 Å². The van der Waals surface area contributed by atoms with Crippen LogP contribution < -0.4 is 4.74 Å². The molecule has 9 heteroatoms. The van der Waals surface area contributed by atoms with Crippen LogP contribution in [0.3, 0.4) is 0 Å². The van der Waals surface area contributed by atoms with Crippen molar-refractivity contribution in [2.24, 2.45) is 0 Å². The molecule has 1 aromatic carbocycles. The Bertz CT molecular complexity index is 617. The van der Waals surface area contributed by atoms with Crippen molar-refractivity contribution in [3.05, 3.63) is 32.3 Å². The van der Waals surface area contributed by atoms with Crippen molar-refractivity contribution in [1.82, 2.24) is 0 Å². The van der Waals surface area contributed by atoms with Crippen LogP contribution in [-0.4, -0.2) is 37.2 Å². The Morgan fingerprint density at radius 2 is 1.96 bits per heavy atom. The molecule has 0 aliphatic carbocycles. The van der Waals surface area contributed by atoms with Gasteiger partial charge < -0.3 is 14.2 Å². The minimum absolute atomic E-state index is 0.0222. The number of carbonyl (C=O) groups is 2. The first-order chi connectivity index (χ1) is 10.8. The third-order valence-corrected chi connectivity index (χ3v) is 3.86. The Labute approximate surface area is 141 Å². The number of hydrogen-bond acceptors (Lipinski definition) is 7. The van der Waals surface area contributed by atoms with Gasteiger partial charge in [0.1, 0.15) is 0 Å². The van der Waals surface area contributed by atoms with E-state index in [2.05, 4.69) is 25.4 Å². The van der Waals surface area contributed by atoms with Crippen molar-refractivity contribution in [2.75, 3.05) is 14.2 Å². The summed E-state index contributed by atoms with van der Waals surface area (Å²) in [6, 6.07) is 2.73. The van der Waals surface area contributed by atoms with E-state index in [9.17, 15) is 19.7 Å². The number of nitro groups is 1. The van der Waals surface area contributed by atoms with Crippen molar-refractivity contribution in [3.63, 3.8) is 0 Å². The lowest BCUT2D eigenvalue weighted by atomic mass is 10.1. The van der Waals surface area contributed by atoms with Gasteiger partial charge in [0.05, 0.1) is 19.1 Å². The zero-order chi connectivity index (χ0) is 17.6. The number of benzene rings is 1. The number of halogens is 1. The fourth-order valence-electron chi connectivity index (χ4n) is 1.74. The van der Waals surface area contributed by atoms with Gasteiger partial charge in [0.15, 0.2) is 11.9 Å². The number of methoxy groups -OCH3 is 2. The highest BCUT2D eigenvalue weighted by Crippen LogP contribution is 2.34. The number of nitro benzene ring substituents is 1. The number of hydrogen-bond donors (Lipinski definition) is 0. The second-order valence-corrected chi connectivity index (χ2v) is 5.43. The summed E-state index contributed by atoms with van der Waals surface area (Å²) in [7, 11) is 2.39. The maximum Gasteiger partial charge on any atom is 0.347 e. The van der Waals surface area contributed by atoms with Crippen molar-refractivity contribution < 1.29 is 28.7 Å². The molecular weight excluding hydrogens is 374 g/mol. The van der Waals surface area contributed by atoms with E-state index < -0.39 is 23.0 Å². The lowest BCUT2D eigenvalue weighted by Gasteiger charge is -2.17. The van der Waals surface area contributed by atoms with Gasteiger partial charge in [-0.25, -0.2) is 4.79 Å². The SMILES string of the molecule is COC(=O)CC[C@H](Oc1cc(C)c(Br)cc1[N+](=O)[O-])C(=O)OC. The average Bonchev–Trinajstić information content (AvgIpc) is 2.52. The predicted octanol–water partition coefficient (Wildman–Crippen LogP) is 2.54. The summed E-state index contributed by atoms with van der Waals surface area (Å²) < 4.78 is 15.1. The number of ether oxygens (including phenoxy) is 3. The molecule has 0 unspecified atom stereocenters. The topological polar surface area (TPSA) is 105 Å². The molecule has 0 aliphatic heterocycles. The van der Waals surface area contributed by atoms with Crippen LogP contribution in [-0.2, 0) is 19.1 Å². The molecule has 1 rings (SSSR count). The van der Waals surface area contributed by atoms with Gasteiger partial charge in [0.2, 0.25) is 0 Å². The first-order valence-electron chi connectivity index (χ1n) is 6.56. The standard InChI is InChI=1S/C14H16BrNO7/c1-8-6-12(10(16(19)20)7-9(8)15)23-11(14(18)22-3)4-5-13(17)21-2/h6-7,11H,4-5H2,1-3H3/t11-/m0/s1. The van der Waals surface area contributed by atoms with E-state index in [0.29, 0.717) is 10.0 Å². The Balaban J connectivity index is 3.07. The molecular formula is C14H16BrNO7. The molecule has 0 saturated carbocycles. The van der Waals surface area contributed by atoms with Crippen molar-refractivity contribution >= 4 is 33.6 Å². The van der Waals surface area contributed by atoms with E-state index in [1.807, 2.05) is 0 Å². The summed E-state index contributed by atoms with van der Waals surface area (Å²) in [5.41, 5.74) is 0.400. The molecule has 0 radical (unpaired) electrons. The van der Waals surface area contributed by atoms with Gasteiger partial charge in [-0.3, -0.25) is 14.9 Å². The third kappa shape index (κ3) is 5.20. The molecule has 1 atom stereocenters. The quantitative estimate of drug-likeness (QED) is 0.400. The lowest BCUT2D eigenvalue weighted by Crippen LogP contribution is -2.29. The molecule has 0 amide bonds. The van der Waals surface area contributed by atoms with E-state index >= 15 is 0 Å². The van der Waals surface area contributed by atoms with E-state index in [0.717, 1.165) is 7.11 Å². The first-order valence-corrected chi connectivity index (χ1v) is 7.35. The number of nitrogens with zero attached hydrogens (tertiary/aromatic N) is 1. The maximum atomic E-state index is 11.8. The van der Waals surface area contributed by atoms with Crippen molar-refractivity contribution in [2.45, 2.75) is 25.9 Å². The molecule has 0 bridgehead atoms. The highest BCUT2D eigenvalue weighted by molar-refractivity contribution is 9.10. The number of rotatable bonds is 7. The summed E-state index contributed by atoms with van der Waals surface area (Å²) in [5, 5.41) is 11.1. The number of carbonyl (C=O) groups excluding carboxylic acids is 2. The summed E-state index contributed by atoms with van der Waals surface area (Å²) in [5.74, 6) is -1.33. The summed E-state index contributed by atoms with van der Waals surface area (Å²) in [6.07, 6.45) is -1.26. The Morgan fingerprint density at radius 1 is 1.30 bits per heavy atom. The molecule has 0 heterocycles. The maximum absolute atomic E-state index is 11.8. The summed E-state index contributed by atoms with van der Waals surface area (Å²) in [6.45, 7) is 1.72. The fourth-order valence-corrected chi connectivity index (χ4v) is 2.07. The normalized spacial score (nSPS) is 11.5. The van der Waals surface area contributed by atoms with Gasteiger partial charge in [-0.1, -0.05) is 15.9 Å². The number of esters is 2. The van der Waals surface area contributed by atoms with Gasteiger partial charge >= 0.3 is 17.6 Å². The molecule has 23 heavy (non-hydrogen) atoms. The van der Waals surface area contributed by atoms with Crippen molar-refractivity contribution in [3.8, 4) is 5.75 Å². The molecule has 0 fully saturated rings. The minimum Gasteiger partial charge on any atom is -0.471 e. The van der Waals surface area contributed by atoms with Crippen LogP contribution in [0.4, 0.5) is 5.69 Å². The van der Waals surface area contributed by atoms with Gasteiger partial charge in [-0.05, 0) is 18.6 Å². The van der Waals surface area contributed by atoms with Crippen molar-refractivity contribution in [1.29, 1.82) is 0 Å². The zero-order valence-corrected chi connectivity index (χ0v) is 14.4. The monoisotopic (exact) mass is 389 g/mol. The third-order valence-electron chi connectivity index (χ3n) is 3.01. The smallest absolute Gasteiger partial charge is 0.347 e.